The lowest BCUT2D eigenvalue weighted by molar-refractivity contribution is 0.174. The molecule has 3 aromatic rings. The Labute approximate surface area is 157 Å². The quantitative estimate of drug-likeness (QED) is 0.683. The number of nitrogens with one attached hydrogen (secondary N) is 1. The molecule has 1 heterocycles. The van der Waals surface area contributed by atoms with Crippen molar-refractivity contribution in [2.45, 2.75) is 26.5 Å². The van der Waals surface area contributed by atoms with Gasteiger partial charge in [-0.1, -0.05) is 23.7 Å². The van der Waals surface area contributed by atoms with Gasteiger partial charge in [-0.05, 0) is 55.8 Å². The van der Waals surface area contributed by atoms with Gasteiger partial charge < -0.3 is 10.4 Å². The molecule has 4 nitrogen and oxygen atoms in total. The summed E-state index contributed by atoms with van der Waals surface area (Å²) in [4.78, 5) is 0. The van der Waals surface area contributed by atoms with Gasteiger partial charge in [0, 0.05) is 29.4 Å². The summed E-state index contributed by atoms with van der Waals surface area (Å²) in [5, 5.41) is 18.8. The van der Waals surface area contributed by atoms with Crippen LogP contribution in [0.25, 0.3) is 5.69 Å². The van der Waals surface area contributed by atoms with E-state index in [0.717, 1.165) is 22.6 Å². The van der Waals surface area contributed by atoms with Crippen molar-refractivity contribution in [3.8, 4) is 5.69 Å². The van der Waals surface area contributed by atoms with Crippen LogP contribution in [-0.4, -0.2) is 21.4 Å². The fraction of sp³-hybridized carbons (Fsp3) is 0.250. The number of aliphatic hydroxyl groups excluding tert-OH is 1. The van der Waals surface area contributed by atoms with Crippen LogP contribution in [0.3, 0.4) is 0 Å². The highest BCUT2D eigenvalue weighted by molar-refractivity contribution is 6.30. The van der Waals surface area contributed by atoms with Crippen molar-refractivity contribution >= 4 is 11.6 Å². The average Bonchev–Trinajstić information content (AvgIpc) is 2.91. The third kappa shape index (κ3) is 4.12. The molecule has 0 aliphatic carbocycles. The molecule has 1 atom stereocenters. The van der Waals surface area contributed by atoms with Gasteiger partial charge in [-0.3, -0.25) is 0 Å². The Bertz CT molecular complexity index is 875. The number of hydrogen-bond donors (Lipinski definition) is 2. The predicted molar refractivity (Wildman–Crippen MR) is 101 cm³/mol. The number of nitrogens with zero attached hydrogens (tertiary/aromatic N) is 2. The zero-order valence-corrected chi connectivity index (χ0v) is 15.5. The fourth-order valence-electron chi connectivity index (χ4n) is 2.90. The second kappa shape index (κ2) is 7.99. The summed E-state index contributed by atoms with van der Waals surface area (Å²) in [6.45, 7) is 4.94. The standard InChI is InChI=1S/C20H21ClFN3O/c1-13-19(11-23-12-20(26)15-3-7-17(22)8-4-15)14(2)25(24-13)18-9-5-16(21)6-10-18/h3-10,20,23,26H,11-12H2,1-2H3. The summed E-state index contributed by atoms with van der Waals surface area (Å²) in [5.41, 5.74) is 4.69. The van der Waals surface area contributed by atoms with Crippen molar-refractivity contribution < 1.29 is 9.50 Å². The van der Waals surface area contributed by atoms with Crippen LogP contribution in [0, 0.1) is 19.7 Å². The first-order chi connectivity index (χ1) is 12.5. The maximum Gasteiger partial charge on any atom is 0.123 e. The minimum Gasteiger partial charge on any atom is -0.387 e. The minimum atomic E-state index is -0.692. The Kier molecular flexibility index (Phi) is 5.71. The number of hydrogen-bond acceptors (Lipinski definition) is 3. The van der Waals surface area contributed by atoms with E-state index in [1.807, 2.05) is 42.8 Å². The molecule has 0 aliphatic heterocycles. The van der Waals surface area contributed by atoms with Crippen molar-refractivity contribution in [2.24, 2.45) is 0 Å². The van der Waals surface area contributed by atoms with Crippen LogP contribution in [0.15, 0.2) is 48.5 Å². The summed E-state index contributed by atoms with van der Waals surface area (Å²) < 4.78 is 14.9. The molecule has 0 saturated heterocycles. The molecule has 136 valence electrons. The van der Waals surface area contributed by atoms with Crippen molar-refractivity contribution in [3.63, 3.8) is 0 Å². The van der Waals surface area contributed by atoms with Crippen molar-refractivity contribution in [2.75, 3.05) is 6.54 Å². The molecule has 2 N–H and O–H groups in total. The Balaban J connectivity index is 1.66. The smallest absolute Gasteiger partial charge is 0.123 e. The first-order valence-corrected chi connectivity index (χ1v) is 8.79. The second-order valence-corrected chi connectivity index (χ2v) is 6.67. The molecule has 3 rings (SSSR count). The highest BCUT2D eigenvalue weighted by Crippen LogP contribution is 2.20. The van der Waals surface area contributed by atoms with Gasteiger partial charge in [0.25, 0.3) is 0 Å². The van der Waals surface area contributed by atoms with Gasteiger partial charge in [0.15, 0.2) is 0 Å². The Morgan fingerprint density at radius 1 is 1.12 bits per heavy atom. The minimum absolute atomic E-state index is 0.310. The number of halogens is 2. The van der Waals surface area contributed by atoms with Crippen LogP contribution in [0.4, 0.5) is 4.39 Å². The van der Waals surface area contributed by atoms with Crippen LogP contribution in [0.2, 0.25) is 5.02 Å². The normalized spacial score (nSPS) is 12.3. The molecule has 6 heteroatoms. The van der Waals surface area contributed by atoms with E-state index >= 15 is 0 Å². The van der Waals surface area contributed by atoms with Crippen LogP contribution in [0.1, 0.15) is 28.6 Å². The van der Waals surface area contributed by atoms with E-state index in [9.17, 15) is 9.50 Å². The Morgan fingerprint density at radius 3 is 2.42 bits per heavy atom. The molecule has 0 radical (unpaired) electrons. The summed E-state index contributed by atoms with van der Waals surface area (Å²) in [6.07, 6.45) is -0.692. The Morgan fingerprint density at radius 2 is 1.77 bits per heavy atom. The van der Waals surface area contributed by atoms with Gasteiger partial charge in [0.05, 0.1) is 17.5 Å². The van der Waals surface area contributed by atoms with Gasteiger partial charge >= 0.3 is 0 Å². The first kappa shape index (κ1) is 18.6. The summed E-state index contributed by atoms with van der Waals surface area (Å²) in [7, 11) is 0. The summed E-state index contributed by atoms with van der Waals surface area (Å²) >= 11 is 5.95. The van der Waals surface area contributed by atoms with E-state index in [0.29, 0.717) is 23.7 Å². The zero-order chi connectivity index (χ0) is 18.7. The van der Waals surface area contributed by atoms with E-state index in [-0.39, 0.29) is 5.82 Å². The Hall–Kier alpha value is -2.21. The highest BCUT2D eigenvalue weighted by Gasteiger charge is 2.14. The van der Waals surface area contributed by atoms with E-state index in [1.165, 1.54) is 12.1 Å². The molecule has 2 aromatic carbocycles. The number of rotatable bonds is 6. The van der Waals surface area contributed by atoms with Crippen molar-refractivity contribution in [3.05, 3.63) is 81.9 Å². The third-order valence-corrected chi connectivity index (χ3v) is 4.66. The first-order valence-electron chi connectivity index (χ1n) is 8.41. The van der Waals surface area contributed by atoms with Crippen LogP contribution in [0.5, 0.6) is 0 Å². The van der Waals surface area contributed by atoms with E-state index in [2.05, 4.69) is 10.4 Å². The van der Waals surface area contributed by atoms with Crippen LogP contribution >= 0.6 is 11.6 Å². The summed E-state index contributed by atoms with van der Waals surface area (Å²) in [5.74, 6) is -0.310. The molecule has 1 aromatic heterocycles. The second-order valence-electron chi connectivity index (χ2n) is 6.24. The molecular formula is C20H21ClFN3O. The lowest BCUT2D eigenvalue weighted by Crippen LogP contribution is -2.21. The maximum atomic E-state index is 13.0. The number of aryl methyl sites for hydroxylation is 1. The molecule has 0 saturated carbocycles. The van der Waals surface area contributed by atoms with Gasteiger partial charge in [-0.15, -0.1) is 0 Å². The lowest BCUT2D eigenvalue weighted by Gasteiger charge is -2.12. The lowest BCUT2D eigenvalue weighted by atomic mass is 10.1. The molecule has 0 spiro atoms. The molecule has 0 aliphatic rings. The van der Waals surface area contributed by atoms with E-state index < -0.39 is 6.10 Å². The number of aromatic nitrogens is 2. The maximum absolute atomic E-state index is 13.0. The SMILES string of the molecule is Cc1nn(-c2ccc(Cl)cc2)c(C)c1CNCC(O)c1ccc(F)cc1. The van der Waals surface area contributed by atoms with Gasteiger partial charge in [0.1, 0.15) is 5.82 Å². The van der Waals surface area contributed by atoms with Crippen molar-refractivity contribution in [1.82, 2.24) is 15.1 Å². The van der Waals surface area contributed by atoms with Crippen LogP contribution < -0.4 is 5.32 Å². The number of benzene rings is 2. The molecule has 1 unspecified atom stereocenters. The van der Waals surface area contributed by atoms with E-state index in [1.54, 1.807) is 12.1 Å². The fourth-order valence-corrected chi connectivity index (χ4v) is 3.03. The molecular weight excluding hydrogens is 353 g/mol. The highest BCUT2D eigenvalue weighted by atomic mass is 35.5. The van der Waals surface area contributed by atoms with Gasteiger partial charge in [-0.2, -0.15) is 5.10 Å². The zero-order valence-electron chi connectivity index (χ0n) is 14.7. The van der Waals surface area contributed by atoms with Crippen LogP contribution in [-0.2, 0) is 6.54 Å². The predicted octanol–water partition coefficient (Wildman–Crippen LogP) is 4.10. The largest absolute Gasteiger partial charge is 0.387 e. The molecule has 26 heavy (non-hydrogen) atoms. The summed E-state index contributed by atoms with van der Waals surface area (Å²) in [6, 6.07) is 13.4. The third-order valence-electron chi connectivity index (χ3n) is 4.41. The molecule has 0 amide bonds. The van der Waals surface area contributed by atoms with Gasteiger partial charge in [0.2, 0.25) is 0 Å². The van der Waals surface area contributed by atoms with E-state index in [4.69, 9.17) is 11.6 Å². The topological polar surface area (TPSA) is 50.1 Å². The average molecular weight is 374 g/mol. The van der Waals surface area contributed by atoms with Crippen molar-refractivity contribution in [1.29, 1.82) is 0 Å². The number of aliphatic hydroxyl groups is 1. The van der Waals surface area contributed by atoms with Gasteiger partial charge in [-0.25, -0.2) is 9.07 Å². The monoisotopic (exact) mass is 373 g/mol. The molecule has 0 bridgehead atoms. The molecule has 0 fully saturated rings.